The van der Waals surface area contributed by atoms with Crippen molar-refractivity contribution in [2.24, 2.45) is 0 Å². The molecule has 2 heterocycles. The molecule has 6 heteroatoms. The number of aryl methyl sites for hydroxylation is 1. The van der Waals surface area contributed by atoms with Crippen LogP contribution in [0.2, 0.25) is 0 Å². The van der Waals surface area contributed by atoms with Crippen molar-refractivity contribution in [3.05, 3.63) is 38.9 Å². The van der Waals surface area contributed by atoms with Crippen molar-refractivity contribution < 1.29 is 4.42 Å². The average Bonchev–Trinajstić information content (AvgIpc) is 2.67. The quantitative estimate of drug-likeness (QED) is 0.733. The molecule has 0 aliphatic rings. The molecule has 2 aromatic rings. The lowest BCUT2D eigenvalue weighted by atomic mass is 10.4. The minimum atomic E-state index is -0.260. The lowest BCUT2D eigenvalue weighted by Gasteiger charge is -1.95. The standard InChI is InChI=1S/C8H9N3O2S/c1-5-2-3-6(13-5)4-11-7(12)9-10-8(11)14/h2-3H,4H2,1H3,(H,9,12)(H,10,14). The molecule has 14 heavy (non-hydrogen) atoms. The van der Waals surface area contributed by atoms with Gasteiger partial charge in [-0.1, -0.05) is 0 Å². The van der Waals surface area contributed by atoms with Gasteiger partial charge >= 0.3 is 5.69 Å². The van der Waals surface area contributed by atoms with Crippen LogP contribution in [0.3, 0.4) is 0 Å². The van der Waals surface area contributed by atoms with Crippen LogP contribution in [-0.4, -0.2) is 14.8 Å². The van der Waals surface area contributed by atoms with Gasteiger partial charge < -0.3 is 4.42 Å². The maximum Gasteiger partial charge on any atom is 0.342 e. The number of nitrogens with zero attached hydrogens (tertiary/aromatic N) is 1. The van der Waals surface area contributed by atoms with E-state index in [1.165, 1.54) is 4.57 Å². The first-order chi connectivity index (χ1) is 6.66. The van der Waals surface area contributed by atoms with E-state index in [9.17, 15) is 4.79 Å². The zero-order chi connectivity index (χ0) is 10.1. The van der Waals surface area contributed by atoms with Crippen LogP contribution in [0, 0.1) is 11.7 Å². The van der Waals surface area contributed by atoms with E-state index in [0.29, 0.717) is 17.1 Å². The maximum absolute atomic E-state index is 11.2. The SMILES string of the molecule is Cc1ccc(Cn2c(=O)[nH][nH]c2=S)o1. The summed E-state index contributed by atoms with van der Waals surface area (Å²) < 4.78 is 7.09. The fourth-order valence-electron chi connectivity index (χ4n) is 1.20. The van der Waals surface area contributed by atoms with Gasteiger partial charge in [0.2, 0.25) is 0 Å². The summed E-state index contributed by atoms with van der Waals surface area (Å²) in [7, 11) is 0. The number of H-pyrrole nitrogens is 2. The van der Waals surface area contributed by atoms with Crippen LogP contribution < -0.4 is 5.69 Å². The van der Waals surface area contributed by atoms with Gasteiger partial charge in [0.25, 0.3) is 0 Å². The number of rotatable bonds is 2. The molecule has 2 N–H and O–H groups in total. The molecule has 0 amide bonds. The predicted octanol–water partition coefficient (Wildman–Crippen LogP) is 1.18. The smallest absolute Gasteiger partial charge is 0.342 e. The van der Waals surface area contributed by atoms with E-state index in [-0.39, 0.29) is 5.69 Å². The summed E-state index contributed by atoms with van der Waals surface area (Å²) in [5.74, 6) is 1.53. The van der Waals surface area contributed by atoms with E-state index in [1.807, 2.05) is 19.1 Å². The molecular formula is C8H9N3O2S. The molecule has 0 aliphatic heterocycles. The molecule has 0 atom stereocenters. The van der Waals surface area contributed by atoms with Crippen LogP contribution in [0.15, 0.2) is 21.3 Å². The van der Waals surface area contributed by atoms with E-state index in [4.69, 9.17) is 16.6 Å². The summed E-state index contributed by atoms with van der Waals surface area (Å²) in [5, 5.41) is 4.96. The van der Waals surface area contributed by atoms with Crippen LogP contribution in [0.1, 0.15) is 11.5 Å². The molecule has 0 fully saturated rings. The Morgan fingerprint density at radius 2 is 2.29 bits per heavy atom. The van der Waals surface area contributed by atoms with Gasteiger partial charge in [0, 0.05) is 0 Å². The highest BCUT2D eigenvalue weighted by atomic mass is 32.1. The molecule has 0 bridgehead atoms. The maximum atomic E-state index is 11.2. The molecule has 0 aliphatic carbocycles. The first kappa shape index (κ1) is 9.01. The Morgan fingerprint density at radius 1 is 1.50 bits per heavy atom. The lowest BCUT2D eigenvalue weighted by molar-refractivity contribution is 0.466. The molecular weight excluding hydrogens is 202 g/mol. The van der Waals surface area contributed by atoms with E-state index in [0.717, 1.165) is 5.76 Å². The molecule has 74 valence electrons. The second-order valence-corrected chi connectivity index (χ2v) is 3.35. The predicted molar refractivity (Wildman–Crippen MR) is 52.8 cm³/mol. The normalized spacial score (nSPS) is 10.6. The number of hydrogen-bond acceptors (Lipinski definition) is 3. The molecule has 0 radical (unpaired) electrons. The average molecular weight is 211 g/mol. The minimum absolute atomic E-state index is 0.260. The zero-order valence-corrected chi connectivity index (χ0v) is 8.35. The second-order valence-electron chi connectivity index (χ2n) is 2.96. The Labute approximate surface area is 84.4 Å². The van der Waals surface area contributed by atoms with Gasteiger partial charge in [0.1, 0.15) is 11.5 Å². The van der Waals surface area contributed by atoms with Crippen molar-refractivity contribution in [3.63, 3.8) is 0 Å². The second kappa shape index (κ2) is 3.30. The highest BCUT2D eigenvalue weighted by Crippen LogP contribution is 2.06. The fraction of sp³-hybridized carbons (Fsp3) is 0.250. The summed E-state index contributed by atoms with van der Waals surface area (Å²) in [6.07, 6.45) is 0. The zero-order valence-electron chi connectivity index (χ0n) is 7.53. The summed E-state index contributed by atoms with van der Waals surface area (Å²) in [6.45, 7) is 2.20. The van der Waals surface area contributed by atoms with Crippen LogP contribution in [0.25, 0.3) is 0 Å². The first-order valence-corrected chi connectivity index (χ1v) is 4.50. The van der Waals surface area contributed by atoms with Gasteiger partial charge in [0.05, 0.1) is 6.54 Å². The first-order valence-electron chi connectivity index (χ1n) is 4.09. The van der Waals surface area contributed by atoms with Crippen molar-refractivity contribution in [2.75, 3.05) is 0 Å². The Kier molecular flexibility index (Phi) is 2.12. The van der Waals surface area contributed by atoms with Gasteiger partial charge in [-0.05, 0) is 31.3 Å². The largest absolute Gasteiger partial charge is 0.464 e. The van der Waals surface area contributed by atoms with Crippen molar-refractivity contribution in [1.29, 1.82) is 0 Å². The van der Waals surface area contributed by atoms with Crippen molar-refractivity contribution in [3.8, 4) is 0 Å². The van der Waals surface area contributed by atoms with E-state index in [1.54, 1.807) is 0 Å². The van der Waals surface area contributed by atoms with Crippen LogP contribution in [0.5, 0.6) is 0 Å². The van der Waals surface area contributed by atoms with Gasteiger partial charge in [-0.3, -0.25) is 9.67 Å². The molecule has 0 unspecified atom stereocenters. The van der Waals surface area contributed by atoms with E-state index < -0.39 is 0 Å². The Balaban J connectivity index is 2.36. The number of furan rings is 1. The van der Waals surface area contributed by atoms with Crippen LogP contribution in [-0.2, 0) is 6.54 Å². The monoisotopic (exact) mass is 211 g/mol. The molecule has 2 rings (SSSR count). The highest BCUT2D eigenvalue weighted by molar-refractivity contribution is 7.71. The number of aromatic amines is 2. The Morgan fingerprint density at radius 3 is 2.79 bits per heavy atom. The van der Waals surface area contributed by atoms with Crippen molar-refractivity contribution in [2.45, 2.75) is 13.5 Å². The van der Waals surface area contributed by atoms with Gasteiger partial charge in [-0.25, -0.2) is 9.89 Å². The number of hydrogen-bond donors (Lipinski definition) is 2. The fourth-order valence-corrected chi connectivity index (χ4v) is 1.40. The van der Waals surface area contributed by atoms with E-state index in [2.05, 4.69) is 10.2 Å². The molecule has 5 nitrogen and oxygen atoms in total. The van der Waals surface area contributed by atoms with Gasteiger partial charge in [-0.2, -0.15) is 0 Å². The Bertz CT molecular complexity index is 518. The summed E-state index contributed by atoms with van der Waals surface area (Å²) >= 11 is 4.91. The van der Waals surface area contributed by atoms with Crippen LogP contribution in [0.4, 0.5) is 0 Å². The van der Waals surface area contributed by atoms with Crippen molar-refractivity contribution >= 4 is 12.2 Å². The van der Waals surface area contributed by atoms with E-state index >= 15 is 0 Å². The molecule has 0 aromatic carbocycles. The summed E-state index contributed by atoms with van der Waals surface area (Å²) in [5.41, 5.74) is -0.260. The minimum Gasteiger partial charge on any atom is -0.464 e. The highest BCUT2D eigenvalue weighted by Gasteiger charge is 2.04. The topological polar surface area (TPSA) is 66.7 Å². The molecule has 0 spiro atoms. The molecule has 0 saturated carbocycles. The Hall–Kier alpha value is -1.56. The lowest BCUT2D eigenvalue weighted by Crippen LogP contribution is -2.17. The van der Waals surface area contributed by atoms with Crippen molar-refractivity contribution in [1.82, 2.24) is 14.8 Å². The van der Waals surface area contributed by atoms with Crippen LogP contribution >= 0.6 is 12.2 Å². The third kappa shape index (κ3) is 1.56. The van der Waals surface area contributed by atoms with Gasteiger partial charge in [0.15, 0.2) is 4.77 Å². The number of nitrogens with one attached hydrogen (secondary N) is 2. The molecule has 0 saturated heterocycles. The van der Waals surface area contributed by atoms with Gasteiger partial charge in [-0.15, -0.1) is 0 Å². The third-order valence-corrected chi connectivity index (χ3v) is 2.20. The molecule has 2 aromatic heterocycles. The summed E-state index contributed by atoms with van der Waals surface area (Å²) in [6, 6.07) is 3.67. The summed E-state index contributed by atoms with van der Waals surface area (Å²) in [4.78, 5) is 11.2. The third-order valence-electron chi connectivity index (χ3n) is 1.88. The number of aromatic nitrogens is 3.